The third-order valence-corrected chi connectivity index (χ3v) is 2.57. The van der Waals surface area contributed by atoms with Crippen LogP contribution in [-0.2, 0) is 11.1 Å². The Labute approximate surface area is 121 Å². The Bertz CT molecular complexity index is 428. The van der Waals surface area contributed by atoms with Crippen molar-refractivity contribution in [2.75, 3.05) is 6.26 Å². The van der Waals surface area contributed by atoms with Gasteiger partial charge in [0.2, 0.25) is 0 Å². The normalized spacial score (nSPS) is 12.9. The Kier molecular flexibility index (Phi) is 6.07. The first kappa shape index (κ1) is 19.2. The number of nitrogens with zero attached hydrogens (tertiary/aromatic N) is 4. The zero-order chi connectivity index (χ0) is 16.4. The molecule has 0 amide bonds. The summed E-state index contributed by atoms with van der Waals surface area (Å²) in [5.74, 6) is 0. The molecule has 0 aliphatic rings. The molecule has 1 aromatic heterocycles. The van der Waals surface area contributed by atoms with Crippen LogP contribution < -0.4 is 4.68 Å². The monoisotopic (exact) mass is 316 g/mol. The molecule has 0 unspecified atom stereocenters. The van der Waals surface area contributed by atoms with Gasteiger partial charge in [0.25, 0.3) is 0 Å². The fourth-order valence-electron chi connectivity index (χ4n) is 1.10. The molecule has 1 rings (SSSR count). The number of rotatable bonds is 1. The standard InChI is InChI=1S/C10H21N4S.BF4/c1-9(2,3)13-8(15-7)11-14(12-13)10(4,5)6;2-1(3,4)5/h1-7H3;/q+1;-1. The van der Waals surface area contributed by atoms with Gasteiger partial charge in [-0.3, -0.25) is 0 Å². The van der Waals surface area contributed by atoms with E-state index in [0.717, 1.165) is 5.16 Å². The number of halogens is 4. The molecule has 20 heavy (non-hydrogen) atoms. The molecule has 0 fully saturated rings. The lowest BCUT2D eigenvalue weighted by Crippen LogP contribution is -2.54. The lowest BCUT2D eigenvalue weighted by Gasteiger charge is -2.14. The third-order valence-electron chi connectivity index (χ3n) is 1.95. The Morgan fingerprint density at radius 3 is 1.65 bits per heavy atom. The molecule has 0 aliphatic carbocycles. The summed E-state index contributed by atoms with van der Waals surface area (Å²) in [6.45, 7) is 12.7. The van der Waals surface area contributed by atoms with Gasteiger partial charge in [0.05, 0.1) is 10.3 Å². The summed E-state index contributed by atoms with van der Waals surface area (Å²) in [4.78, 5) is 1.78. The minimum Gasteiger partial charge on any atom is -0.418 e. The van der Waals surface area contributed by atoms with Crippen molar-refractivity contribution in [3.05, 3.63) is 0 Å². The predicted octanol–water partition coefficient (Wildman–Crippen LogP) is 3.10. The maximum Gasteiger partial charge on any atom is 0.673 e. The van der Waals surface area contributed by atoms with Gasteiger partial charge in [-0.05, 0) is 52.6 Å². The summed E-state index contributed by atoms with van der Waals surface area (Å²) in [7, 11) is -6.00. The molecule has 1 heterocycles. The summed E-state index contributed by atoms with van der Waals surface area (Å²) < 4.78 is 41.0. The second-order valence-electron chi connectivity index (χ2n) is 6.11. The van der Waals surface area contributed by atoms with E-state index in [-0.39, 0.29) is 11.1 Å². The van der Waals surface area contributed by atoms with E-state index in [1.165, 1.54) is 0 Å². The molecular formula is C10H21BF4N4S. The van der Waals surface area contributed by atoms with E-state index in [9.17, 15) is 17.3 Å². The van der Waals surface area contributed by atoms with E-state index >= 15 is 0 Å². The van der Waals surface area contributed by atoms with E-state index in [0.29, 0.717) is 0 Å². The predicted molar refractivity (Wildman–Crippen MR) is 72.2 cm³/mol. The van der Waals surface area contributed by atoms with Crippen molar-refractivity contribution < 1.29 is 21.9 Å². The number of hydrogen-bond donors (Lipinski definition) is 0. The van der Waals surface area contributed by atoms with Gasteiger partial charge in [-0.15, -0.1) is 4.68 Å². The highest BCUT2D eigenvalue weighted by atomic mass is 32.2. The molecule has 118 valence electrons. The summed E-state index contributed by atoms with van der Waals surface area (Å²) in [5.41, 5.74) is -0.0944. The molecule has 0 bridgehead atoms. The van der Waals surface area contributed by atoms with Gasteiger partial charge in [0.1, 0.15) is 11.1 Å². The van der Waals surface area contributed by atoms with Crippen LogP contribution >= 0.6 is 11.8 Å². The molecule has 0 radical (unpaired) electrons. The average Bonchev–Trinajstić information content (AvgIpc) is 2.56. The first-order valence-corrected chi connectivity index (χ1v) is 7.20. The van der Waals surface area contributed by atoms with E-state index < -0.39 is 7.25 Å². The molecule has 4 nitrogen and oxygen atoms in total. The van der Waals surface area contributed by atoms with Crippen LogP contribution in [0.15, 0.2) is 5.16 Å². The van der Waals surface area contributed by atoms with Gasteiger partial charge in [-0.25, -0.2) is 0 Å². The van der Waals surface area contributed by atoms with Crippen LogP contribution in [0, 0.1) is 0 Å². The van der Waals surface area contributed by atoms with Crippen LogP contribution in [0.3, 0.4) is 0 Å². The number of thioether (sulfide) groups is 1. The third kappa shape index (κ3) is 7.11. The molecule has 1 aromatic rings. The van der Waals surface area contributed by atoms with Gasteiger partial charge in [-0.2, -0.15) is 0 Å². The van der Waals surface area contributed by atoms with Crippen molar-refractivity contribution in [2.24, 2.45) is 0 Å². The van der Waals surface area contributed by atoms with Crippen molar-refractivity contribution in [3.8, 4) is 0 Å². The van der Waals surface area contributed by atoms with Gasteiger partial charge in [0.15, 0.2) is 0 Å². The van der Waals surface area contributed by atoms with Crippen LogP contribution in [0.2, 0.25) is 0 Å². The van der Waals surface area contributed by atoms with Crippen molar-refractivity contribution in [1.82, 2.24) is 15.1 Å². The summed E-state index contributed by atoms with van der Waals surface area (Å²) in [6, 6.07) is 0. The van der Waals surface area contributed by atoms with Crippen LogP contribution in [0.1, 0.15) is 41.5 Å². The molecule has 0 atom stereocenters. The fraction of sp³-hybridized carbons (Fsp3) is 0.900. The number of aromatic nitrogens is 4. The van der Waals surface area contributed by atoms with E-state index in [2.05, 4.69) is 51.9 Å². The Hall–Kier alpha value is -0.795. The maximum absolute atomic E-state index is 9.75. The highest BCUT2D eigenvalue weighted by Gasteiger charge is 2.33. The van der Waals surface area contributed by atoms with E-state index in [1.54, 1.807) is 16.6 Å². The molecule has 0 spiro atoms. The summed E-state index contributed by atoms with van der Waals surface area (Å²) in [6.07, 6.45) is 2.03. The molecule has 10 heteroatoms. The van der Waals surface area contributed by atoms with Crippen molar-refractivity contribution in [1.29, 1.82) is 0 Å². The molecular weight excluding hydrogens is 295 g/mol. The Balaban J connectivity index is 0.000000621. The second-order valence-corrected chi connectivity index (χ2v) is 6.89. The molecule has 0 saturated carbocycles. The first-order valence-electron chi connectivity index (χ1n) is 5.98. The van der Waals surface area contributed by atoms with Gasteiger partial charge in [0, 0.05) is 0 Å². The fourth-order valence-corrected chi connectivity index (χ4v) is 1.74. The Morgan fingerprint density at radius 1 is 1.05 bits per heavy atom. The molecule has 0 aromatic carbocycles. The lowest BCUT2D eigenvalue weighted by atomic mass is 10.1. The second kappa shape index (κ2) is 6.32. The lowest BCUT2D eigenvalue weighted by molar-refractivity contribution is -0.838. The number of hydrogen-bond acceptors (Lipinski definition) is 3. The van der Waals surface area contributed by atoms with Crippen LogP contribution in [-0.4, -0.2) is 28.6 Å². The van der Waals surface area contributed by atoms with Crippen LogP contribution in [0.25, 0.3) is 0 Å². The topological polar surface area (TPSA) is 34.6 Å². The van der Waals surface area contributed by atoms with Gasteiger partial charge < -0.3 is 17.3 Å². The minimum atomic E-state index is -6.00. The number of tetrazole rings is 1. The van der Waals surface area contributed by atoms with Gasteiger partial charge in [-0.1, -0.05) is 11.8 Å². The SMILES string of the molecule is CSc1nn(C(C)(C)C)n[n+]1C(C)(C)C.F[B-](F)(F)F. The van der Waals surface area contributed by atoms with Crippen molar-refractivity contribution in [3.63, 3.8) is 0 Å². The van der Waals surface area contributed by atoms with Gasteiger partial charge >= 0.3 is 12.4 Å². The van der Waals surface area contributed by atoms with E-state index in [1.807, 2.05) is 10.9 Å². The largest absolute Gasteiger partial charge is 0.673 e. The van der Waals surface area contributed by atoms with Crippen molar-refractivity contribution >= 4 is 19.0 Å². The smallest absolute Gasteiger partial charge is 0.418 e. The molecule has 0 aliphatic heterocycles. The summed E-state index contributed by atoms with van der Waals surface area (Å²) >= 11 is 1.63. The van der Waals surface area contributed by atoms with Crippen LogP contribution in [0.4, 0.5) is 17.3 Å². The van der Waals surface area contributed by atoms with Crippen molar-refractivity contribution in [2.45, 2.75) is 57.8 Å². The highest BCUT2D eigenvalue weighted by molar-refractivity contribution is 7.98. The average molecular weight is 316 g/mol. The molecule has 0 N–H and O–H groups in total. The highest BCUT2D eigenvalue weighted by Crippen LogP contribution is 2.15. The summed E-state index contributed by atoms with van der Waals surface area (Å²) in [5, 5.41) is 9.98. The quantitative estimate of drug-likeness (QED) is 0.346. The first-order chi connectivity index (χ1) is 8.66. The Morgan fingerprint density at radius 2 is 1.45 bits per heavy atom. The molecule has 0 saturated heterocycles. The minimum absolute atomic E-state index is 0.0259. The van der Waals surface area contributed by atoms with Crippen LogP contribution in [0.5, 0.6) is 0 Å². The maximum atomic E-state index is 9.75. The zero-order valence-electron chi connectivity index (χ0n) is 12.8. The zero-order valence-corrected chi connectivity index (χ0v) is 13.6. The van der Waals surface area contributed by atoms with E-state index in [4.69, 9.17) is 0 Å².